The highest BCUT2D eigenvalue weighted by Crippen LogP contribution is 2.39. The van der Waals surface area contributed by atoms with Crippen LogP contribution in [0.2, 0.25) is 5.02 Å². The predicted molar refractivity (Wildman–Crippen MR) is 85.9 cm³/mol. The second-order valence-electron chi connectivity index (χ2n) is 5.36. The number of epoxide rings is 1. The largest absolute Gasteiger partial charge is 0.464 e. The average molecular weight is 327 g/mol. The second kappa shape index (κ2) is 5.33. The predicted octanol–water partition coefficient (Wildman–Crippen LogP) is 3.77. The lowest BCUT2D eigenvalue weighted by Gasteiger charge is -2.00. The van der Waals surface area contributed by atoms with Gasteiger partial charge >= 0.3 is 0 Å². The van der Waals surface area contributed by atoms with Gasteiger partial charge in [0.15, 0.2) is 17.3 Å². The van der Waals surface area contributed by atoms with Crippen LogP contribution in [0.3, 0.4) is 0 Å². The van der Waals surface area contributed by atoms with E-state index in [1.54, 1.807) is 48.5 Å². The topological polar surface area (TPSA) is 59.8 Å². The van der Waals surface area contributed by atoms with Gasteiger partial charge in [-0.25, -0.2) is 0 Å². The molecule has 0 saturated carbocycles. The molecule has 0 spiro atoms. The van der Waals surface area contributed by atoms with Crippen molar-refractivity contribution in [3.05, 3.63) is 81.2 Å². The Morgan fingerprint density at radius 2 is 1.78 bits per heavy atom. The number of para-hydroxylation sites is 1. The molecule has 114 valence electrons. The van der Waals surface area contributed by atoms with Crippen molar-refractivity contribution in [2.75, 3.05) is 0 Å². The smallest absolute Gasteiger partial charge is 0.198 e. The minimum atomic E-state index is -0.653. The van der Waals surface area contributed by atoms with Crippen LogP contribution >= 0.6 is 11.6 Å². The minimum Gasteiger partial charge on any atom is -0.464 e. The fourth-order valence-electron chi connectivity index (χ4n) is 2.62. The first-order valence-electron chi connectivity index (χ1n) is 7.11. The van der Waals surface area contributed by atoms with Crippen LogP contribution in [-0.4, -0.2) is 11.9 Å². The number of fused-ring (bicyclic) bond motifs is 1. The number of ketones is 1. The molecule has 4 nitrogen and oxygen atoms in total. The van der Waals surface area contributed by atoms with Crippen LogP contribution in [0.1, 0.15) is 22.0 Å². The van der Waals surface area contributed by atoms with Crippen LogP contribution in [0.4, 0.5) is 0 Å². The average Bonchev–Trinajstić information content (AvgIpc) is 3.36. The highest BCUT2D eigenvalue weighted by molar-refractivity contribution is 6.30. The molecule has 0 N–H and O–H groups in total. The highest BCUT2D eigenvalue weighted by atomic mass is 35.5. The molecule has 0 aliphatic carbocycles. The molecule has 1 aliphatic rings. The number of hydrogen-bond donors (Lipinski definition) is 0. The summed E-state index contributed by atoms with van der Waals surface area (Å²) in [5, 5.41) is 1.04. The summed E-state index contributed by atoms with van der Waals surface area (Å²) in [6, 6.07) is 13.6. The summed E-state index contributed by atoms with van der Waals surface area (Å²) < 4.78 is 10.9. The molecule has 0 unspecified atom stereocenters. The first-order valence-corrected chi connectivity index (χ1v) is 7.48. The van der Waals surface area contributed by atoms with E-state index < -0.39 is 12.2 Å². The van der Waals surface area contributed by atoms with Crippen molar-refractivity contribution in [3.63, 3.8) is 0 Å². The molecule has 4 rings (SSSR count). The molecular weight excluding hydrogens is 316 g/mol. The highest BCUT2D eigenvalue weighted by Gasteiger charge is 2.48. The number of ether oxygens (including phenoxy) is 1. The van der Waals surface area contributed by atoms with Gasteiger partial charge in [0.05, 0.1) is 10.9 Å². The molecule has 1 fully saturated rings. The van der Waals surface area contributed by atoms with Crippen molar-refractivity contribution in [1.29, 1.82) is 0 Å². The van der Waals surface area contributed by atoms with Crippen LogP contribution in [0.15, 0.2) is 64.0 Å². The molecule has 0 amide bonds. The third-order valence-electron chi connectivity index (χ3n) is 3.89. The summed E-state index contributed by atoms with van der Waals surface area (Å²) in [7, 11) is 0. The Balaban J connectivity index is 1.64. The zero-order valence-corrected chi connectivity index (χ0v) is 12.6. The van der Waals surface area contributed by atoms with E-state index in [9.17, 15) is 9.59 Å². The van der Waals surface area contributed by atoms with E-state index in [-0.39, 0.29) is 11.2 Å². The summed E-state index contributed by atoms with van der Waals surface area (Å²) in [5.41, 5.74) is 1.23. The van der Waals surface area contributed by atoms with Crippen molar-refractivity contribution in [1.82, 2.24) is 0 Å². The van der Waals surface area contributed by atoms with Crippen molar-refractivity contribution in [3.8, 4) is 0 Å². The van der Waals surface area contributed by atoms with Crippen LogP contribution in [0.25, 0.3) is 11.0 Å². The molecule has 1 aliphatic heterocycles. The first kappa shape index (κ1) is 14.2. The number of Topliss-reactive ketones (excluding diaryl/α,β-unsaturated/α-hetero) is 1. The van der Waals surface area contributed by atoms with Gasteiger partial charge in [0.1, 0.15) is 18.0 Å². The van der Waals surface area contributed by atoms with Gasteiger partial charge in [-0.3, -0.25) is 9.59 Å². The quantitative estimate of drug-likeness (QED) is 0.543. The van der Waals surface area contributed by atoms with Crippen molar-refractivity contribution < 1.29 is 13.9 Å². The maximum Gasteiger partial charge on any atom is 0.198 e. The molecular formula is C18H11ClO4. The maximum atomic E-state index is 12.5. The number of carbonyl (C=O) groups is 1. The van der Waals surface area contributed by atoms with Gasteiger partial charge in [0.25, 0.3) is 0 Å². The summed E-state index contributed by atoms with van der Waals surface area (Å²) in [4.78, 5) is 24.9. The second-order valence-corrected chi connectivity index (χ2v) is 5.80. The van der Waals surface area contributed by atoms with Gasteiger partial charge in [-0.1, -0.05) is 23.7 Å². The van der Waals surface area contributed by atoms with Gasteiger partial charge in [-0.15, -0.1) is 0 Å². The van der Waals surface area contributed by atoms with Crippen LogP contribution in [0.5, 0.6) is 0 Å². The van der Waals surface area contributed by atoms with Crippen LogP contribution < -0.4 is 5.43 Å². The number of hydrogen-bond acceptors (Lipinski definition) is 4. The molecule has 5 heteroatoms. The first-order chi connectivity index (χ1) is 11.1. The van der Waals surface area contributed by atoms with E-state index in [0.29, 0.717) is 27.1 Å². The lowest BCUT2D eigenvalue weighted by Crippen LogP contribution is -2.13. The summed E-state index contributed by atoms with van der Waals surface area (Å²) in [6.45, 7) is 0. The lowest BCUT2D eigenvalue weighted by atomic mass is 10.0. The zero-order chi connectivity index (χ0) is 16.0. The fourth-order valence-corrected chi connectivity index (χ4v) is 2.74. The molecule has 2 heterocycles. The van der Waals surface area contributed by atoms with E-state index in [4.69, 9.17) is 20.8 Å². The number of carbonyl (C=O) groups excluding carboxylic acids is 1. The van der Waals surface area contributed by atoms with Crippen molar-refractivity contribution >= 4 is 28.4 Å². The van der Waals surface area contributed by atoms with Crippen LogP contribution in [-0.2, 0) is 4.74 Å². The fraction of sp³-hybridized carbons (Fsp3) is 0.111. The van der Waals surface area contributed by atoms with E-state index in [0.717, 1.165) is 0 Å². The van der Waals surface area contributed by atoms with Gasteiger partial charge in [0.2, 0.25) is 0 Å². The molecule has 1 aromatic heterocycles. The van der Waals surface area contributed by atoms with E-state index in [2.05, 4.69) is 0 Å². The Morgan fingerprint density at radius 1 is 1.04 bits per heavy atom. The molecule has 0 bridgehead atoms. The Labute approximate surface area is 136 Å². The Kier molecular flexibility index (Phi) is 3.29. The summed E-state index contributed by atoms with van der Waals surface area (Å²) >= 11 is 5.82. The normalized spacial score (nSPS) is 19.7. The van der Waals surface area contributed by atoms with E-state index in [1.165, 1.54) is 6.26 Å². The standard InChI is InChI=1S/C18H11ClO4/c19-11-7-5-10(6-8-11)15(20)18-17(23-18)13-9-22-14-4-2-1-3-12(14)16(13)21/h1-9,17-18H/t17-,18+/m1/s1. The molecule has 2 aromatic carbocycles. The Bertz CT molecular complexity index is 959. The number of rotatable bonds is 3. The lowest BCUT2D eigenvalue weighted by molar-refractivity contribution is 0.0953. The maximum absolute atomic E-state index is 12.5. The van der Waals surface area contributed by atoms with E-state index in [1.807, 2.05) is 0 Å². The minimum absolute atomic E-state index is 0.164. The SMILES string of the molecule is O=C(c1ccc(Cl)cc1)[C@@H]1O[C@@H]1c1coc2ccccc2c1=O. The van der Waals surface area contributed by atoms with E-state index >= 15 is 0 Å². The monoisotopic (exact) mass is 326 g/mol. The van der Waals surface area contributed by atoms with Gasteiger partial charge in [-0.2, -0.15) is 0 Å². The zero-order valence-electron chi connectivity index (χ0n) is 11.9. The third kappa shape index (κ3) is 2.46. The molecule has 3 aromatic rings. The van der Waals surface area contributed by atoms with Crippen molar-refractivity contribution in [2.24, 2.45) is 0 Å². The number of halogens is 1. The van der Waals surface area contributed by atoms with Crippen molar-refractivity contribution in [2.45, 2.75) is 12.2 Å². The van der Waals surface area contributed by atoms with Crippen LogP contribution in [0, 0.1) is 0 Å². The Hall–Kier alpha value is -2.43. The Morgan fingerprint density at radius 3 is 2.57 bits per heavy atom. The summed E-state index contributed by atoms with van der Waals surface area (Å²) in [5.74, 6) is -0.167. The van der Waals surface area contributed by atoms with Gasteiger partial charge in [-0.05, 0) is 36.4 Å². The summed E-state index contributed by atoms with van der Waals surface area (Å²) in [6.07, 6.45) is 0.170. The molecule has 23 heavy (non-hydrogen) atoms. The van der Waals surface area contributed by atoms with Gasteiger partial charge in [0, 0.05) is 10.6 Å². The molecule has 2 atom stereocenters. The molecule has 1 saturated heterocycles. The third-order valence-corrected chi connectivity index (χ3v) is 4.14. The van der Waals surface area contributed by atoms with Gasteiger partial charge < -0.3 is 9.15 Å². The molecule has 0 radical (unpaired) electrons. The number of benzene rings is 2.